The quantitative estimate of drug-likeness (QED) is 0.0662. The lowest BCUT2D eigenvalue weighted by atomic mass is 9.95. The van der Waals surface area contributed by atoms with Gasteiger partial charge in [-0.05, 0) is 142 Å². The molecule has 1 aromatic heterocycles. The normalized spacial score (nSPS) is 16.4. The molecule has 5 aromatic carbocycles. The Bertz CT molecular complexity index is 2800. The number of piperidine rings is 1. The van der Waals surface area contributed by atoms with Gasteiger partial charge in [-0.3, -0.25) is 9.52 Å². The van der Waals surface area contributed by atoms with E-state index in [0.717, 1.165) is 134 Å². The molecule has 1 atom stereocenters. The molecule has 2 aliphatic heterocycles. The SMILES string of the molecule is Cc1cc(S(=O)(=O)Nc2ccc(N3CCN(c4cccc(-c5c(C(=O)NC6CC6)c(C)n(C)c5-c5ccc(Cl)cc5)c4)CC3)cc2)ccc1N[C@H](CCN1CCC(O)CC1)CSc1ccccc1. The summed E-state index contributed by atoms with van der Waals surface area (Å²) in [6, 6.07) is 40.1. The van der Waals surface area contributed by atoms with Crippen molar-refractivity contribution in [3.05, 3.63) is 143 Å². The van der Waals surface area contributed by atoms with Crippen LogP contribution in [0.15, 0.2) is 131 Å². The molecule has 6 aromatic rings. The number of nitrogens with one attached hydrogen (secondary N) is 3. The summed E-state index contributed by atoms with van der Waals surface area (Å²) in [5, 5.41) is 17.6. The van der Waals surface area contributed by atoms with Gasteiger partial charge in [0.1, 0.15) is 0 Å². The first kappa shape index (κ1) is 47.6. The molecule has 4 N–H and O–H groups in total. The first-order valence-electron chi connectivity index (χ1n) is 23.8. The van der Waals surface area contributed by atoms with Crippen LogP contribution in [0.5, 0.6) is 0 Å². The van der Waals surface area contributed by atoms with E-state index < -0.39 is 10.0 Å². The van der Waals surface area contributed by atoms with Gasteiger partial charge in [-0.15, -0.1) is 11.8 Å². The lowest BCUT2D eigenvalue weighted by molar-refractivity contribution is 0.0817. The highest BCUT2D eigenvalue weighted by molar-refractivity contribution is 7.99. The first-order valence-corrected chi connectivity index (χ1v) is 26.7. The monoisotopic (exact) mass is 971 g/mol. The zero-order chi connectivity index (χ0) is 47.4. The number of aliphatic hydroxyl groups is 1. The van der Waals surface area contributed by atoms with E-state index >= 15 is 0 Å². The highest BCUT2D eigenvalue weighted by atomic mass is 35.5. The number of piperazine rings is 1. The number of rotatable bonds is 17. The number of aliphatic hydroxyl groups excluding tert-OH is 1. The molecule has 0 bridgehead atoms. The first-order chi connectivity index (χ1) is 32.9. The molecule has 3 heterocycles. The molecule has 2 saturated heterocycles. The van der Waals surface area contributed by atoms with E-state index in [0.29, 0.717) is 16.3 Å². The molecule has 11 nitrogen and oxygen atoms in total. The summed E-state index contributed by atoms with van der Waals surface area (Å²) >= 11 is 8.12. The van der Waals surface area contributed by atoms with Crippen LogP contribution in [0, 0.1) is 13.8 Å². The lowest BCUT2D eigenvalue weighted by Crippen LogP contribution is -2.46. The average molecular weight is 973 g/mol. The molecule has 1 amide bonds. The fourth-order valence-electron chi connectivity index (χ4n) is 9.40. The number of carbonyl (C=O) groups is 1. The van der Waals surface area contributed by atoms with Gasteiger partial charge in [-0.25, -0.2) is 8.42 Å². The molecule has 356 valence electrons. The highest BCUT2D eigenvalue weighted by Crippen LogP contribution is 2.41. The van der Waals surface area contributed by atoms with Crippen molar-refractivity contribution in [2.45, 2.75) is 73.9 Å². The van der Waals surface area contributed by atoms with Crippen molar-refractivity contribution in [3.63, 3.8) is 0 Å². The molecule has 9 rings (SSSR count). The van der Waals surface area contributed by atoms with Gasteiger partial charge in [-0.2, -0.15) is 0 Å². The Kier molecular flexibility index (Phi) is 14.7. The molecule has 14 heteroatoms. The van der Waals surface area contributed by atoms with Gasteiger partial charge in [0.05, 0.1) is 22.3 Å². The third-order valence-electron chi connectivity index (χ3n) is 13.6. The number of halogens is 1. The van der Waals surface area contributed by atoms with Crippen LogP contribution in [0.3, 0.4) is 0 Å². The predicted molar refractivity (Wildman–Crippen MR) is 280 cm³/mol. The Hall–Kier alpha value is -5.44. The molecule has 68 heavy (non-hydrogen) atoms. The van der Waals surface area contributed by atoms with Crippen LogP contribution in [0.1, 0.15) is 53.7 Å². The maximum atomic E-state index is 13.8. The van der Waals surface area contributed by atoms with E-state index in [1.54, 1.807) is 12.1 Å². The molecular formula is C54H62ClN7O4S2. The number of aromatic nitrogens is 1. The maximum Gasteiger partial charge on any atom is 0.261 e. The van der Waals surface area contributed by atoms with Crippen LogP contribution < -0.4 is 25.2 Å². The minimum Gasteiger partial charge on any atom is -0.393 e. The summed E-state index contributed by atoms with van der Waals surface area (Å²) in [5.41, 5.74) is 9.93. The summed E-state index contributed by atoms with van der Waals surface area (Å²) in [6.07, 6.45) is 4.39. The number of amides is 1. The standard InChI is InChI=1S/C54H62ClN7O4S2/c1-37-34-49(22-23-50(37)56-44(36-67-48-10-5-4-6-11-48)24-27-60-28-25-47(63)26-29-60)68(65,66)58-43-18-20-45(21-19-43)61-30-32-62(33-31-61)46-9-7-8-40(35-46)52-51(54(64)57-42-16-17-42)38(2)59(3)53(52)39-12-14-41(55)15-13-39/h4-15,18-23,34-35,42,44,47,56,58,63H,16-17,24-33,36H2,1-3H3,(H,57,64)/t44-/m1/s1. The minimum absolute atomic E-state index is 0.0353. The van der Waals surface area contributed by atoms with E-state index in [1.807, 2.05) is 93.3 Å². The van der Waals surface area contributed by atoms with E-state index in [2.05, 4.69) is 83.2 Å². The minimum atomic E-state index is -3.85. The number of aryl methyl sites for hydroxylation is 1. The van der Waals surface area contributed by atoms with Crippen LogP contribution in [0.25, 0.3) is 22.4 Å². The van der Waals surface area contributed by atoms with Crippen molar-refractivity contribution in [3.8, 4) is 22.4 Å². The van der Waals surface area contributed by atoms with Crippen LogP contribution in [0.2, 0.25) is 5.02 Å². The maximum absolute atomic E-state index is 13.8. The number of hydrogen-bond acceptors (Lipinski definition) is 9. The lowest BCUT2D eigenvalue weighted by Gasteiger charge is -2.37. The van der Waals surface area contributed by atoms with Gasteiger partial charge < -0.3 is 35.0 Å². The number of hydrogen-bond donors (Lipinski definition) is 4. The second kappa shape index (κ2) is 21.1. The van der Waals surface area contributed by atoms with Crippen LogP contribution in [-0.4, -0.2) is 98.7 Å². The fourth-order valence-corrected chi connectivity index (χ4v) is 11.7. The molecule has 3 aliphatic rings. The van der Waals surface area contributed by atoms with Gasteiger partial charge in [-0.1, -0.05) is 54.1 Å². The number of anilines is 4. The summed E-state index contributed by atoms with van der Waals surface area (Å²) in [5.74, 6) is 0.832. The topological polar surface area (TPSA) is 122 Å². The van der Waals surface area contributed by atoms with Crippen LogP contribution >= 0.6 is 23.4 Å². The molecule has 1 saturated carbocycles. The molecule has 3 fully saturated rings. The number of thioether (sulfide) groups is 1. The van der Waals surface area contributed by atoms with Gasteiger partial charge >= 0.3 is 0 Å². The Labute approximate surface area is 410 Å². The van der Waals surface area contributed by atoms with E-state index in [4.69, 9.17) is 11.6 Å². The Morgan fingerprint density at radius 2 is 1.47 bits per heavy atom. The zero-order valence-corrected chi connectivity index (χ0v) is 41.5. The third kappa shape index (κ3) is 11.4. The van der Waals surface area contributed by atoms with E-state index in [9.17, 15) is 18.3 Å². The van der Waals surface area contributed by atoms with Crippen molar-refractivity contribution in [2.24, 2.45) is 7.05 Å². The van der Waals surface area contributed by atoms with Gasteiger partial charge in [0.2, 0.25) is 0 Å². The third-order valence-corrected chi connectivity index (χ3v) is 16.4. The summed E-state index contributed by atoms with van der Waals surface area (Å²) in [4.78, 5) is 22.4. The number of sulfonamides is 1. The molecular weight excluding hydrogens is 910 g/mol. The molecule has 1 aliphatic carbocycles. The molecule has 0 radical (unpaired) electrons. The van der Waals surface area contributed by atoms with Crippen LogP contribution in [0.4, 0.5) is 22.7 Å². The molecule has 0 spiro atoms. The van der Waals surface area contributed by atoms with Crippen molar-refractivity contribution >= 4 is 62.0 Å². The fraction of sp³-hybridized carbons (Fsp3) is 0.352. The Morgan fingerprint density at radius 3 is 2.15 bits per heavy atom. The van der Waals surface area contributed by atoms with Crippen molar-refractivity contribution in [1.82, 2.24) is 14.8 Å². The highest BCUT2D eigenvalue weighted by Gasteiger charge is 2.31. The Morgan fingerprint density at radius 1 is 0.779 bits per heavy atom. The second-order valence-electron chi connectivity index (χ2n) is 18.5. The number of likely N-dealkylation sites (tertiary alicyclic amines) is 1. The smallest absolute Gasteiger partial charge is 0.261 e. The predicted octanol–water partition coefficient (Wildman–Crippen LogP) is 10.1. The largest absolute Gasteiger partial charge is 0.393 e. The number of carbonyl (C=O) groups excluding carboxylic acids is 1. The number of benzene rings is 5. The second-order valence-corrected chi connectivity index (χ2v) is 21.7. The summed E-state index contributed by atoms with van der Waals surface area (Å²) < 4.78 is 32.4. The van der Waals surface area contributed by atoms with Crippen molar-refractivity contribution in [1.29, 1.82) is 0 Å². The Balaban J connectivity index is 0.833. The molecule has 0 unspecified atom stereocenters. The van der Waals surface area contributed by atoms with E-state index in [-0.39, 0.29) is 29.0 Å². The number of nitrogens with zero attached hydrogens (tertiary/aromatic N) is 4. The van der Waals surface area contributed by atoms with Gasteiger partial charge in [0.15, 0.2) is 0 Å². The van der Waals surface area contributed by atoms with Gasteiger partial charge in [0, 0.05) is 115 Å². The van der Waals surface area contributed by atoms with Crippen molar-refractivity contribution in [2.75, 3.05) is 71.4 Å². The van der Waals surface area contributed by atoms with E-state index in [1.165, 1.54) is 4.90 Å². The van der Waals surface area contributed by atoms with Crippen LogP contribution in [-0.2, 0) is 17.1 Å². The summed E-state index contributed by atoms with van der Waals surface area (Å²) in [7, 11) is -1.82. The average Bonchev–Trinajstić information content (AvgIpc) is 4.13. The van der Waals surface area contributed by atoms with Crippen molar-refractivity contribution < 1.29 is 18.3 Å². The zero-order valence-electron chi connectivity index (χ0n) is 39.1. The van der Waals surface area contributed by atoms with Gasteiger partial charge in [0.25, 0.3) is 15.9 Å². The summed E-state index contributed by atoms with van der Waals surface area (Å²) in [6.45, 7) is 9.89.